The molecule has 1 rings (SSSR count). The van der Waals surface area contributed by atoms with Crippen molar-refractivity contribution in [3.63, 3.8) is 0 Å². The van der Waals surface area contributed by atoms with Gasteiger partial charge in [-0.25, -0.2) is 4.79 Å². The zero-order chi connectivity index (χ0) is 16.0. The van der Waals surface area contributed by atoms with E-state index in [1.807, 2.05) is 6.92 Å². The van der Waals surface area contributed by atoms with Crippen LogP contribution in [0.3, 0.4) is 0 Å². The van der Waals surface area contributed by atoms with Crippen LogP contribution in [0.4, 0.5) is 0 Å². The first-order valence-electron chi connectivity index (χ1n) is 6.68. The average Bonchev–Trinajstić information content (AvgIpc) is 2.74. The van der Waals surface area contributed by atoms with Gasteiger partial charge in [0.15, 0.2) is 0 Å². The highest BCUT2D eigenvalue weighted by molar-refractivity contribution is 5.95. The molecule has 0 aliphatic carbocycles. The van der Waals surface area contributed by atoms with Crippen LogP contribution in [0.2, 0.25) is 0 Å². The molecule has 1 heterocycles. The van der Waals surface area contributed by atoms with Crippen LogP contribution in [-0.4, -0.2) is 40.2 Å². The van der Waals surface area contributed by atoms with Crippen LogP contribution in [-0.2, 0) is 21.4 Å². The van der Waals surface area contributed by atoms with Gasteiger partial charge in [-0.05, 0) is 32.4 Å². The third kappa shape index (κ3) is 4.62. The van der Waals surface area contributed by atoms with Gasteiger partial charge in [-0.1, -0.05) is 0 Å². The fraction of sp³-hybridized carbons (Fsp3) is 0.500. The molecule has 0 fully saturated rings. The number of amides is 1. The summed E-state index contributed by atoms with van der Waals surface area (Å²) in [6.45, 7) is 3.75. The van der Waals surface area contributed by atoms with Crippen molar-refractivity contribution in [1.29, 1.82) is 0 Å². The first kappa shape index (κ1) is 16.7. The molecule has 0 aromatic carbocycles. The lowest BCUT2D eigenvalue weighted by Crippen LogP contribution is -2.41. The maximum Gasteiger partial charge on any atom is 0.326 e. The van der Waals surface area contributed by atoms with Crippen molar-refractivity contribution in [3.8, 4) is 0 Å². The van der Waals surface area contributed by atoms with E-state index >= 15 is 0 Å². The number of aromatic nitrogens is 1. The van der Waals surface area contributed by atoms with Gasteiger partial charge < -0.3 is 19.7 Å². The minimum atomic E-state index is -1.18. The summed E-state index contributed by atoms with van der Waals surface area (Å²) in [5.74, 6) is -2.15. The molecule has 7 nitrogen and oxygen atoms in total. The Morgan fingerprint density at radius 3 is 2.52 bits per heavy atom. The highest BCUT2D eigenvalue weighted by Gasteiger charge is 2.23. The molecule has 1 amide bonds. The molecule has 1 aromatic rings. The van der Waals surface area contributed by atoms with E-state index in [0.717, 1.165) is 5.69 Å². The molecule has 0 unspecified atom stereocenters. The lowest BCUT2D eigenvalue weighted by molar-refractivity contribution is -0.144. The van der Waals surface area contributed by atoms with E-state index < -0.39 is 23.9 Å². The quantitative estimate of drug-likeness (QED) is 0.727. The van der Waals surface area contributed by atoms with Crippen molar-refractivity contribution in [3.05, 3.63) is 23.5 Å². The summed E-state index contributed by atoms with van der Waals surface area (Å²) in [5.41, 5.74) is 1.26. The van der Waals surface area contributed by atoms with E-state index in [-0.39, 0.29) is 19.4 Å². The predicted octanol–water partition coefficient (Wildman–Crippen LogP) is 0.860. The van der Waals surface area contributed by atoms with Crippen molar-refractivity contribution in [1.82, 2.24) is 9.88 Å². The second-order valence-corrected chi connectivity index (χ2v) is 4.63. The van der Waals surface area contributed by atoms with Crippen LogP contribution in [0.5, 0.6) is 0 Å². The molecule has 0 bridgehead atoms. The second kappa shape index (κ2) is 7.47. The van der Waals surface area contributed by atoms with Crippen molar-refractivity contribution in [2.75, 3.05) is 6.61 Å². The Bertz CT molecular complexity index is 535. The molecule has 0 radical (unpaired) electrons. The lowest BCUT2D eigenvalue weighted by Gasteiger charge is -2.14. The smallest absolute Gasteiger partial charge is 0.326 e. The number of nitrogens with zero attached hydrogens (tertiary/aromatic N) is 1. The lowest BCUT2D eigenvalue weighted by atomic mass is 10.1. The summed E-state index contributed by atoms with van der Waals surface area (Å²) in [7, 11) is 1.72. The van der Waals surface area contributed by atoms with E-state index in [2.05, 4.69) is 5.32 Å². The molecule has 1 atom stereocenters. The number of rotatable bonds is 7. The van der Waals surface area contributed by atoms with Crippen LogP contribution in [0.15, 0.2) is 12.1 Å². The first-order chi connectivity index (χ1) is 9.86. The monoisotopic (exact) mass is 296 g/mol. The number of carbonyl (C=O) groups is 3. The average molecular weight is 296 g/mol. The third-order valence-electron chi connectivity index (χ3n) is 3.15. The van der Waals surface area contributed by atoms with Gasteiger partial charge in [0.1, 0.15) is 11.7 Å². The SMILES string of the molecule is CCOC(=O)CC[C@H](NC(=O)c1ccc(C)n1C)C(=O)O. The first-order valence-corrected chi connectivity index (χ1v) is 6.68. The number of aliphatic carboxylic acids is 1. The molecule has 0 aliphatic heterocycles. The van der Waals surface area contributed by atoms with Gasteiger partial charge in [0, 0.05) is 19.2 Å². The molecule has 2 N–H and O–H groups in total. The van der Waals surface area contributed by atoms with Crippen LogP contribution in [0, 0.1) is 6.92 Å². The maximum atomic E-state index is 12.1. The molecule has 1 aromatic heterocycles. The number of carboxylic acids is 1. The van der Waals surface area contributed by atoms with Gasteiger partial charge in [-0.2, -0.15) is 0 Å². The van der Waals surface area contributed by atoms with E-state index in [0.29, 0.717) is 5.69 Å². The molecule has 0 saturated heterocycles. The molecule has 116 valence electrons. The van der Waals surface area contributed by atoms with E-state index in [1.165, 1.54) is 0 Å². The van der Waals surface area contributed by atoms with E-state index in [9.17, 15) is 14.4 Å². The molecule has 0 aliphatic rings. The van der Waals surface area contributed by atoms with Crippen LogP contribution in [0.1, 0.15) is 35.9 Å². The summed E-state index contributed by atoms with van der Waals surface area (Å²) in [6.07, 6.45) is -0.0689. The van der Waals surface area contributed by atoms with Crippen molar-refractivity contribution in [2.45, 2.75) is 32.7 Å². The van der Waals surface area contributed by atoms with Gasteiger partial charge in [-0.3, -0.25) is 9.59 Å². The van der Waals surface area contributed by atoms with Crippen molar-refractivity contribution >= 4 is 17.8 Å². The van der Waals surface area contributed by atoms with Gasteiger partial charge in [0.25, 0.3) is 5.91 Å². The van der Waals surface area contributed by atoms with Gasteiger partial charge in [-0.15, -0.1) is 0 Å². The molecule has 7 heteroatoms. The van der Waals surface area contributed by atoms with Crippen molar-refractivity contribution < 1.29 is 24.2 Å². The number of carbonyl (C=O) groups excluding carboxylic acids is 2. The Balaban J connectivity index is 2.66. The molecule has 0 spiro atoms. The van der Waals surface area contributed by atoms with Gasteiger partial charge >= 0.3 is 11.9 Å². The predicted molar refractivity (Wildman–Crippen MR) is 74.9 cm³/mol. The highest BCUT2D eigenvalue weighted by Crippen LogP contribution is 2.07. The highest BCUT2D eigenvalue weighted by atomic mass is 16.5. The van der Waals surface area contributed by atoms with Gasteiger partial charge in [0.2, 0.25) is 0 Å². The number of carboxylic acid groups (broad SMARTS) is 1. The zero-order valence-electron chi connectivity index (χ0n) is 12.4. The topological polar surface area (TPSA) is 97.6 Å². The van der Waals surface area contributed by atoms with Crippen LogP contribution < -0.4 is 5.32 Å². The summed E-state index contributed by atoms with van der Waals surface area (Å²) in [4.78, 5) is 34.5. The third-order valence-corrected chi connectivity index (χ3v) is 3.15. The largest absolute Gasteiger partial charge is 0.480 e. The normalized spacial score (nSPS) is 11.8. The van der Waals surface area contributed by atoms with Gasteiger partial charge in [0.05, 0.1) is 6.61 Å². The standard InChI is InChI=1S/C14H20N2O5/c1-4-21-12(17)8-6-10(14(19)20)15-13(18)11-7-5-9(2)16(11)3/h5,7,10H,4,6,8H2,1-3H3,(H,15,18)(H,19,20)/t10-/m0/s1. The Morgan fingerprint density at radius 2 is 2.05 bits per heavy atom. The van der Waals surface area contributed by atoms with E-state index in [1.54, 1.807) is 30.7 Å². The summed E-state index contributed by atoms with van der Waals surface area (Å²) < 4.78 is 6.40. The Labute approximate surface area is 122 Å². The summed E-state index contributed by atoms with van der Waals surface area (Å²) in [5, 5.41) is 11.5. The second-order valence-electron chi connectivity index (χ2n) is 4.63. The number of aryl methyl sites for hydroxylation is 1. The summed E-state index contributed by atoms with van der Waals surface area (Å²) >= 11 is 0. The Hall–Kier alpha value is -2.31. The number of nitrogens with one attached hydrogen (secondary N) is 1. The molecular formula is C14H20N2O5. The number of esters is 1. The molecule has 21 heavy (non-hydrogen) atoms. The fourth-order valence-corrected chi connectivity index (χ4v) is 1.83. The van der Waals surface area contributed by atoms with Crippen molar-refractivity contribution in [2.24, 2.45) is 7.05 Å². The van der Waals surface area contributed by atoms with E-state index in [4.69, 9.17) is 9.84 Å². The minimum Gasteiger partial charge on any atom is -0.480 e. The molecule has 0 saturated carbocycles. The Morgan fingerprint density at radius 1 is 1.38 bits per heavy atom. The fourth-order valence-electron chi connectivity index (χ4n) is 1.83. The zero-order valence-corrected chi connectivity index (χ0v) is 12.4. The minimum absolute atomic E-state index is 0.0106. The summed E-state index contributed by atoms with van der Waals surface area (Å²) in [6, 6.07) is 2.26. The Kier molecular flexibility index (Phi) is 5.95. The molecular weight excluding hydrogens is 276 g/mol. The number of hydrogen-bond acceptors (Lipinski definition) is 4. The number of hydrogen-bond donors (Lipinski definition) is 2. The maximum absolute atomic E-state index is 12.1. The number of ether oxygens (including phenoxy) is 1. The van der Waals surface area contributed by atoms with Crippen LogP contribution in [0.25, 0.3) is 0 Å². The van der Waals surface area contributed by atoms with Crippen LogP contribution >= 0.6 is 0 Å².